The Morgan fingerprint density at radius 1 is 1.00 bits per heavy atom. The number of nitrogens with zero attached hydrogens (tertiary/aromatic N) is 2. The molecule has 2 heterocycles. The first-order chi connectivity index (χ1) is 17.9. The van der Waals surface area contributed by atoms with E-state index in [0.29, 0.717) is 5.69 Å². The molecule has 13 heteroatoms. The van der Waals surface area contributed by atoms with Crippen molar-refractivity contribution in [1.29, 1.82) is 0 Å². The third-order valence-corrected chi connectivity index (χ3v) is 5.93. The Kier molecular flexibility index (Phi) is 7.65. The average Bonchev–Trinajstić information content (AvgIpc) is 3.17. The van der Waals surface area contributed by atoms with Gasteiger partial charge in [0, 0.05) is 36.1 Å². The smallest absolute Gasteiger partial charge is 0.257 e. The fourth-order valence-electron chi connectivity index (χ4n) is 3.64. The van der Waals surface area contributed by atoms with E-state index in [-0.39, 0.29) is 45.6 Å². The van der Waals surface area contributed by atoms with Gasteiger partial charge in [-0.1, -0.05) is 11.6 Å². The Balaban J connectivity index is 1.58. The van der Waals surface area contributed by atoms with Gasteiger partial charge in [-0.2, -0.15) is 0 Å². The number of amides is 1. The number of benzene rings is 2. The third kappa shape index (κ3) is 6.84. The first-order valence-electron chi connectivity index (χ1n) is 10.9. The third-order valence-electron chi connectivity index (χ3n) is 5.10. The molecule has 0 aliphatic heterocycles. The number of anilines is 2. The Labute approximate surface area is 221 Å². The summed E-state index contributed by atoms with van der Waals surface area (Å²) >= 11 is 6.05. The zero-order chi connectivity index (χ0) is 27.6. The number of rotatable bonds is 8. The van der Waals surface area contributed by atoms with Gasteiger partial charge in [-0.15, -0.1) is 0 Å². The minimum absolute atomic E-state index is 0.00541. The van der Waals surface area contributed by atoms with E-state index < -0.39 is 33.4 Å². The van der Waals surface area contributed by atoms with Crippen LogP contribution in [0.2, 0.25) is 5.02 Å². The number of carbonyl (C=O) groups excluding carboxylic acids is 1. The first kappa shape index (κ1) is 27.0. The second kappa shape index (κ2) is 10.8. The molecule has 0 saturated heterocycles. The molecule has 0 spiro atoms. The number of halogens is 4. The highest BCUT2D eigenvalue weighted by molar-refractivity contribution is 7.92. The molecule has 198 valence electrons. The van der Waals surface area contributed by atoms with Crippen LogP contribution in [0.5, 0.6) is 5.75 Å². The predicted octanol–water partition coefficient (Wildman–Crippen LogP) is 5.36. The van der Waals surface area contributed by atoms with E-state index in [1.165, 1.54) is 30.5 Å². The molecule has 4 aromatic rings. The van der Waals surface area contributed by atoms with Crippen molar-refractivity contribution >= 4 is 38.9 Å². The molecule has 2 aromatic heterocycles. The van der Waals surface area contributed by atoms with Crippen molar-refractivity contribution in [3.05, 3.63) is 94.5 Å². The molecule has 0 saturated carbocycles. The van der Waals surface area contributed by atoms with Crippen LogP contribution in [0.4, 0.5) is 24.5 Å². The molecular formula is C25H20ClF3N4O4S. The van der Waals surface area contributed by atoms with Crippen molar-refractivity contribution in [3.8, 4) is 17.1 Å². The van der Waals surface area contributed by atoms with Crippen LogP contribution < -0.4 is 14.8 Å². The monoisotopic (exact) mass is 564 g/mol. The maximum absolute atomic E-state index is 14.0. The molecule has 0 aliphatic rings. The lowest BCUT2D eigenvalue weighted by Crippen LogP contribution is -2.13. The van der Waals surface area contributed by atoms with Crippen LogP contribution in [-0.2, 0) is 23.7 Å². The van der Waals surface area contributed by atoms with Crippen LogP contribution in [0.1, 0.15) is 15.9 Å². The fraction of sp³-hybridized carbons (Fsp3) is 0.120. The number of pyridine rings is 1. The quantitative estimate of drug-likeness (QED) is 0.300. The molecular weight excluding hydrogens is 545 g/mol. The highest BCUT2D eigenvalue weighted by Crippen LogP contribution is 2.31. The minimum atomic E-state index is -3.57. The molecule has 4 rings (SSSR count). The lowest BCUT2D eigenvalue weighted by Gasteiger charge is -2.12. The Bertz CT molecular complexity index is 1620. The highest BCUT2D eigenvalue weighted by atomic mass is 35.5. The average molecular weight is 565 g/mol. The van der Waals surface area contributed by atoms with Crippen molar-refractivity contribution in [3.63, 3.8) is 0 Å². The van der Waals surface area contributed by atoms with Gasteiger partial charge in [-0.3, -0.25) is 9.52 Å². The normalized spacial score (nSPS) is 11.3. The fourth-order valence-corrected chi connectivity index (χ4v) is 4.42. The van der Waals surface area contributed by atoms with Gasteiger partial charge in [-0.05, 0) is 42.0 Å². The summed E-state index contributed by atoms with van der Waals surface area (Å²) in [7, 11) is -1.93. The number of carbonyl (C=O) groups is 1. The van der Waals surface area contributed by atoms with Crippen LogP contribution in [0.3, 0.4) is 0 Å². The largest absolute Gasteiger partial charge is 0.486 e. The maximum atomic E-state index is 14.0. The van der Waals surface area contributed by atoms with E-state index in [1.54, 1.807) is 11.6 Å². The summed E-state index contributed by atoms with van der Waals surface area (Å²) in [5.74, 6) is -2.80. The summed E-state index contributed by atoms with van der Waals surface area (Å²) in [6, 6.07) is 9.70. The second-order valence-corrected chi connectivity index (χ2v) is 10.5. The Morgan fingerprint density at radius 2 is 1.68 bits per heavy atom. The number of aryl methyl sites for hydroxylation is 1. The second-order valence-electron chi connectivity index (χ2n) is 8.35. The van der Waals surface area contributed by atoms with E-state index >= 15 is 0 Å². The molecule has 0 bridgehead atoms. The lowest BCUT2D eigenvalue weighted by molar-refractivity contribution is 0.102. The SMILES string of the molecule is Cn1cc(C(=O)Nc2cc(Cl)cc(NS(C)(=O)=O)c2)cc1-c1ncc(F)cc1OCc1cc(F)cc(F)c1. The lowest BCUT2D eigenvalue weighted by atomic mass is 10.2. The van der Waals surface area contributed by atoms with E-state index in [0.717, 1.165) is 36.7 Å². The van der Waals surface area contributed by atoms with Gasteiger partial charge >= 0.3 is 0 Å². The van der Waals surface area contributed by atoms with Gasteiger partial charge in [0.05, 0.1) is 29.4 Å². The first-order valence-corrected chi connectivity index (χ1v) is 13.1. The van der Waals surface area contributed by atoms with Gasteiger partial charge < -0.3 is 14.6 Å². The summed E-state index contributed by atoms with van der Waals surface area (Å²) in [5.41, 5.74) is 1.37. The Hall–Kier alpha value is -4.03. The van der Waals surface area contributed by atoms with Crippen molar-refractivity contribution in [2.75, 3.05) is 16.3 Å². The molecule has 0 unspecified atom stereocenters. The van der Waals surface area contributed by atoms with Crippen molar-refractivity contribution in [1.82, 2.24) is 9.55 Å². The van der Waals surface area contributed by atoms with Crippen molar-refractivity contribution in [2.45, 2.75) is 6.61 Å². The molecule has 2 aromatic carbocycles. The summed E-state index contributed by atoms with van der Waals surface area (Å²) in [6.07, 6.45) is 3.45. The summed E-state index contributed by atoms with van der Waals surface area (Å²) < 4.78 is 73.6. The predicted molar refractivity (Wildman–Crippen MR) is 137 cm³/mol. The molecule has 8 nitrogen and oxygen atoms in total. The van der Waals surface area contributed by atoms with Gasteiger partial charge in [-0.25, -0.2) is 26.6 Å². The maximum Gasteiger partial charge on any atom is 0.257 e. The van der Waals surface area contributed by atoms with Crippen LogP contribution >= 0.6 is 11.6 Å². The molecule has 0 fully saturated rings. The Morgan fingerprint density at radius 3 is 2.37 bits per heavy atom. The topological polar surface area (TPSA) is 102 Å². The van der Waals surface area contributed by atoms with Crippen LogP contribution in [0.15, 0.2) is 60.9 Å². The number of hydrogen-bond acceptors (Lipinski definition) is 5. The number of hydrogen-bond donors (Lipinski definition) is 2. The zero-order valence-corrected chi connectivity index (χ0v) is 21.5. The molecule has 0 aliphatic carbocycles. The van der Waals surface area contributed by atoms with Crippen molar-refractivity contribution < 1.29 is 31.1 Å². The highest BCUT2D eigenvalue weighted by Gasteiger charge is 2.18. The van der Waals surface area contributed by atoms with Gasteiger partial charge in [0.1, 0.15) is 29.8 Å². The number of sulfonamides is 1. The van der Waals surface area contributed by atoms with Gasteiger partial charge in [0.2, 0.25) is 10.0 Å². The zero-order valence-electron chi connectivity index (χ0n) is 19.9. The number of ether oxygens (including phenoxy) is 1. The number of aromatic nitrogens is 2. The summed E-state index contributed by atoms with van der Waals surface area (Å²) in [6.45, 7) is -0.261. The standard InChI is InChI=1S/C25H20ClF3N4O4S/c1-33-12-15(25(34)31-20-6-16(26)7-21(10-20)32-38(2,35)36)5-22(33)24-23(9-19(29)11-30-24)37-13-14-3-17(27)8-18(28)4-14/h3-12,32H,13H2,1-2H3,(H,31,34). The van der Waals surface area contributed by atoms with E-state index in [1.807, 2.05) is 0 Å². The van der Waals surface area contributed by atoms with Gasteiger partial charge in [0.25, 0.3) is 5.91 Å². The van der Waals surface area contributed by atoms with E-state index in [2.05, 4.69) is 15.0 Å². The summed E-state index contributed by atoms with van der Waals surface area (Å²) in [4.78, 5) is 17.0. The van der Waals surface area contributed by atoms with Gasteiger partial charge in [0.15, 0.2) is 5.75 Å². The molecule has 0 atom stereocenters. The van der Waals surface area contributed by atoms with Crippen LogP contribution in [0.25, 0.3) is 11.4 Å². The van der Waals surface area contributed by atoms with E-state index in [9.17, 15) is 26.4 Å². The van der Waals surface area contributed by atoms with Crippen LogP contribution in [0, 0.1) is 17.5 Å². The van der Waals surface area contributed by atoms with Crippen LogP contribution in [-0.4, -0.2) is 30.1 Å². The van der Waals surface area contributed by atoms with E-state index in [4.69, 9.17) is 16.3 Å². The molecule has 0 radical (unpaired) electrons. The molecule has 1 amide bonds. The number of nitrogens with one attached hydrogen (secondary N) is 2. The molecule has 2 N–H and O–H groups in total. The molecule has 38 heavy (non-hydrogen) atoms. The summed E-state index contributed by atoms with van der Waals surface area (Å²) in [5, 5.41) is 2.84. The minimum Gasteiger partial charge on any atom is -0.486 e. The van der Waals surface area contributed by atoms with Crippen molar-refractivity contribution in [2.24, 2.45) is 7.05 Å².